The Kier molecular flexibility index (Phi) is 2.97. The summed E-state index contributed by atoms with van der Waals surface area (Å²) in [5.74, 6) is 0.661. The molecule has 1 aliphatic rings. The van der Waals surface area contributed by atoms with Crippen molar-refractivity contribution in [3.05, 3.63) is 58.1 Å². The number of benzene rings is 3. The van der Waals surface area contributed by atoms with Crippen molar-refractivity contribution in [3.63, 3.8) is 0 Å². The summed E-state index contributed by atoms with van der Waals surface area (Å²) >= 11 is 6.40. The molecule has 0 aromatic heterocycles. The van der Waals surface area contributed by atoms with Gasteiger partial charge in [-0.2, -0.15) is 0 Å². The van der Waals surface area contributed by atoms with Crippen molar-refractivity contribution >= 4 is 33.1 Å². The molecule has 3 aromatic rings. The summed E-state index contributed by atoms with van der Waals surface area (Å²) in [6.45, 7) is 4.55. The van der Waals surface area contributed by atoms with Crippen LogP contribution in [0.15, 0.2) is 36.4 Å². The van der Waals surface area contributed by atoms with Crippen molar-refractivity contribution < 1.29 is 0 Å². The Morgan fingerprint density at radius 1 is 0.952 bits per heavy atom. The van der Waals surface area contributed by atoms with Crippen molar-refractivity contribution in [2.75, 3.05) is 0 Å². The first-order valence-electron chi connectivity index (χ1n) is 7.80. The van der Waals surface area contributed by atoms with E-state index in [4.69, 9.17) is 11.6 Å². The van der Waals surface area contributed by atoms with E-state index in [2.05, 4.69) is 44.2 Å². The maximum Gasteiger partial charge on any atom is 0.0484 e. The van der Waals surface area contributed by atoms with Crippen LogP contribution in [0.4, 0.5) is 0 Å². The lowest BCUT2D eigenvalue weighted by molar-refractivity contribution is 0.595. The van der Waals surface area contributed by atoms with Crippen LogP contribution in [-0.4, -0.2) is 0 Å². The SMILES string of the molecule is Cc1ccc(Cl)c2ccc3c4c(ccc3c12)CCCC4C. The van der Waals surface area contributed by atoms with E-state index in [1.807, 2.05) is 6.07 Å². The van der Waals surface area contributed by atoms with E-state index < -0.39 is 0 Å². The highest BCUT2D eigenvalue weighted by atomic mass is 35.5. The average molecular weight is 295 g/mol. The topological polar surface area (TPSA) is 0 Å². The molecule has 106 valence electrons. The lowest BCUT2D eigenvalue weighted by Crippen LogP contribution is -2.07. The largest absolute Gasteiger partial charge is 0.0837 e. The van der Waals surface area contributed by atoms with E-state index in [0.717, 1.165) is 5.02 Å². The summed E-state index contributed by atoms with van der Waals surface area (Å²) in [7, 11) is 0. The third-order valence-electron chi connectivity index (χ3n) is 5.04. The van der Waals surface area contributed by atoms with Crippen molar-refractivity contribution in [1.29, 1.82) is 0 Å². The van der Waals surface area contributed by atoms with E-state index in [1.165, 1.54) is 46.4 Å². The first-order valence-corrected chi connectivity index (χ1v) is 8.18. The molecule has 0 saturated carbocycles. The zero-order valence-electron chi connectivity index (χ0n) is 12.5. The van der Waals surface area contributed by atoms with Crippen LogP contribution >= 0.6 is 11.6 Å². The van der Waals surface area contributed by atoms with Gasteiger partial charge in [-0.25, -0.2) is 0 Å². The van der Waals surface area contributed by atoms with Crippen LogP contribution in [0, 0.1) is 6.92 Å². The van der Waals surface area contributed by atoms with Gasteiger partial charge in [0.05, 0.1) is 0 Å². The van der Waals surface area contributed by atoms with Crippen molar-refractivity contribution in [2.45, 2.75) is 39.0 Å². The van der Waals surface area contributed by atoms with Gasteiger partial charge in [0, 0.05) is 10.4 Å². The second kappa shape index (κ2) is 4.74. The number of rotatable bonds is 0. The number of hydrogen-bond acceptors (Lipinski definition) is 0. The molecule has 1 atom stereocenters. The highest BCUT2D eigenvalue weighted by Crippen LogP contribution is 2.40. The summed E-state index contributed by atoms with van der Waals surface area (Å²) in [5, 5.41) is 6.13. The van der Waals surface area contributed by atoms with Crippen molar-refractivity contribution in [3.8, 4) is 0 Å². The highest BCUT2D eigenvalue weighted by Gasteiger charge is 2.20. The van der Waals surface area contributed by atoms with Gasteiger partial charge in [0.25, 0.3) is 0 Å². The molecule has 0 nitrogen and oxygen atoms in total. The van der Waals surface area contributed by atoms with Gasteiger partial charge in [0.1, 0.15) is 0 Å². The first kappa shape index (κ1) is 13.2. The molecule has 0 fully saturated rings. The Morgan fingerprint density at radius 2 is 1.71 bits per heavy atom. The fraction of sp³-hybridized carbons (Fsp3) is 0.300. The molecule has 0 bridgehead atoms. The van der Waals surface area contributed by atoms with Gasteiger partial charge in [-0.15, -0.1) is 0 Å². The molecule has 1 unspecified atom stereocenters. The average Bonchev–Trinajstić information content (AvgIpc) is 2.50. The first-order chi connectivity index (χ1) is 10.2. The highest BCUT2D eigenvalue weighted by molar-refractivity contribution is 6.36. The number of fused-ring (bicyclic) bond motifs is 5. The van der Waals surface area contributed by atoms with E-state index in [1.54, 1.807) is 11.1 Å². The number of aryl methyl sites for hydroxylation is 2. The minimum absolute atomic E-state index is 0.661. The monoisotopic (exact) mass is 294 g/mol. The minimum atomic E-state index is 0.661. The minimum Gasteiger partial charge on any atom is -0.0837 e. The van der Waals surface area contributed by atoms with Crippen LogP contribution in [0.2, 0.25) is 5.02 Å². The fourth-order valence-electron chi connectivity index (χ4n) is 4.01. The molecule has 0 saturated heterocycles. The zero-order chi connectivity index (χ0) is 14.6. The lowest BCUT2D eigenvalue weighted by Gasteiger charge is -2.25. The Morgan fingerprint density at radius 3 is 2.57 bits per heavy atom. The van der Waals surface area contributed by atoms with E-state index in [0.29, 0.717) is 5.92 Å². The standard InChI is InChI=1S/C20H19Cl/c1-12-4-3-5-14-7-8-16-15(19(12)14)9-10-17-18(21)11-6-13(2)20(16)17/h6-12H,3-5H2,1-2H3. The van der Waals surface area contributed by atoms with Gasteiger partial charge >= 0.3 is 0 Å². The lowest BCUT2D eigenvalue weighted by atomic mass is 9.80. The molecule has 3 aromatic carbocycles. The smallest absolute Gasteiger partial charge is 0.0484 e. The van der Waals surface area contributed by atoms with Gasteiger partial charge < -0.3 is 0 Å². The van der Waals surface area contributed by atoms with Crippen LogP contribution in [-0.2, 0) is 6.42 Å². The predicted octanol–water partition coefficient (Wildman–Crippen LogP) is 6.39. The van der Waals surface area contributed by atoms with Gasteiger partial charge in [-0.3, -0.25) is 0 Å². The van der Waals surface area contributed by atoms with Crippen molar-refractivity contribution in [1.82, 2.24) is 0 Å². The molecule has 0 radical (unpaired) electrons. The Labute approximate surface area is 130 Å². The summed E-state index contributed by atoms with van der Waals surface area (Å²) in [5.41, 5.74) is 4.42. The quantitative estimate of drug-likeness (QED) is 0.421. The second-order valence-electron chi connectivity index (χ2n) is 6.38. The zero-order valence-corrected chi connectivity index (χ0v) is 13.3. The molecular formula is C20H19Cl. The Hall–Kier alpha value is -1.53. The summed E-state index contributed by atoms with van der Waals surface area (Å²) in [4.78, 5) is 0. The van der Waals surface area contributed by atoms with Crippen LogP contribution < -0.4 is 0 Å². The Bertz CT molecular complexity index is 861. The third-order valence-corrected chi connectivity index (χ3v) is 5.37. The van der Waals surface area contributed by atoms with E-state index in [9.17, 15) is 0 Å². The van der Waals surface area contributed by atoms with E-state index in [-0.39, 0.29) is 0 Å². The number of halogens is 1. The normalized spacial score (nSPS) is 18.1. The fourth-order valence-corrected chi connectivity index (χ4v) is 4.23. The molecule has 1 heteroatoms. The van der Waals surface area contributed by atoms with E-state index >= 15 is 0 Å². The molecule has 4 rings (SSSR count). The molecule has 0 amide bonds. The summed E-state index contributed by atoms with van der Waals surface area (Å²) in [6.07, 6.45) is 3.85. The molecule has 0 N–H and O–H groups in total. The van der Waals surface area contributed by atoms with Crippen LogP contribution in [0.1, 0.15) is 42.4 Å². The van der Waals surface area contributed by atoms with Gasteiger partial charge in [-0.1, -0.05) is 48.9 Å². The van der Waals surface area contributed by atoms with Crippen molar-refractivity contribution in [2.24, 2.45) is 0 Å². The predicted molar refractivity (Wildman–Crippen MR) is 92.6 cm³/mol. The van der Waals surface area contributed by atoms with Gasteiger partial charge in [0.15, 0.2) is 0 Å². The van der Waals surface area contributed by atoms with Gasteiger partial charge in [-0.05, 0) is 71.0 Å². The van der Waals surface area contributed by atoms with Crippen LogP contribution in [0.25, 0.3) is 21.5 Å². The molecular weight excluding hydrogens is 276 g/mol. The third kappa shape index (κ3) is 1.89. The Balaban J connectivity index is 2.19. The maximum absolute atomic E-state index is 6.40. The molecule has 1 aliphatic carbocycles. The molecule has 0 aliphatic heterocycles. The molecule has 0 spiro atoms. The van der Waals surface area contributed by atoms with Crippen LogP contribution in [0.3, 0.4) is 0 Å². The maximum atomic E-state index is 6.40. The molecule has 0 heterocycles. The van der Waals surface area contributed by atoms with Crippen LogP contribution in [0.5, 0.6) is 0 Å². The van der Waals surface area contributed by atoms with Gasteiger partial charge in [0.2, 0.25) is 0 Å². The second-order valence-corrected chi connectivity index (χ2v) is 6.79. The summed E-state index contributed by atoms with van der Waals surface area (Å²) in [6, 6.07) is 13.3. The molecule has 21 heavy (non-hydrogen) atoms. The number of hydrogen-bond donors (Lipinski definition) is 0. The summed E-state index contributed by atoms with van der Waals surface area (Å²) < 4.78 is 0.